The third-order valence-corrected chi connectivity index (χ3v) is 3.48. The predicted octanol–water partition coefficient (Wildman–Crippen LogP) is 2.13. The number of amides is 2. The van der Waals surface area contributed by atoms with Gasteiger partial charge in [-0.25, -0.2) is 4.79 Å². The molecular weight excluding hydrogens is 252 g/mol. The Bertz CT molecular complexity index is 454. The molecule has 0 aliphatic heterocycles. The zero-order valence-electron chi connectivity index (χ0n) is 11.6. The van der Waals surface area contributed by atoms with Crippen molar-refractivity contribution in [1.82, 2.24) is 10.6 Å². The van der Waals surface area contributed by atoms with Crippen LogP contribution in [0.3, 0.4) is 0 Å². The lowest BCUT2D eigenvalue weighted by Crippen LogP contribution is -2.42. The first kappa shape index (κ1) is 14.6. The zero-order valence-corrected chi connectivity index (χ0v) is 11.6. The highest BCUT2D eigenvalue weighted by atomic mass is 16.3. The Morgan fingerprint density at radius 3 is 2.60 bits per heavy atom. The maximum atomic E-state index is 11.8. The molecule has 1 aliphatic carbocycles. The molecule has 1 atom stereocenters. The Morgan fingerprint density at radius 1 is 1.20 bits per heavy atom. The number of urea groups is 1. The fraction of sp³-hybridized carbons (Fsp3) is 0.438. The van der Waals surface area contributed by atoms with Crippen LogP contribution in [0.4, 0.5) is 4.79 Å². The molecule has 1 unspecified atom stereocenters. The molecule has 2 rings (SSSR count). The van der Waals surface area contributed by atoms with E-state index in [0.717, 1.165) is 30.4 Å². The average Bonchev–Trinajstić information content (AvgIpc) is 2.48. The van der Waals surface area contributed by atoms with Crippen LogP contribution in [-0.4, -0.2) is 23.8 Å². The van der Waals surface area contributed by atoms with E-state index in [9.17, 15) is 4.79 Å². The van der Waals surface area contributed by atoms with Gasteiger partial charge in [-0.05, 0) is 36.8 Å². The molecule has 0 heterocycles. The van der Waals surface area contributed by atoms with Crippen molar-refractivity contribution in [3.05, 3.63) is 47.5 Å². The molecule has 1 aromatic carbocycles. The monoisotopic (exact) mass is 274 g/mol. The smallest absolute Gasteiger partial charge is 0.315 e. The van der Waals surface area contributed by atoms with Gasteiger partial charge in [0.05, 0.1) is 0 Å². The number of carbonyl (C=O) groups excluding carboxylic acids is 1. The summed E-state index contributed by atoms with van der Waals surface area (Å²) in [5, 5.41) is 14.7. The predicted molar refractivity (Wildman–Crippen MR) is 79.4 cm³/mol. The number of nitrogens with one attached hydrogen (secondary N) is 2. The maximum absolute atomic E-state index is 11.8. The van der Waals surface area contributed by atoms with Gasteiger partial charge in [0.15, 0.2) is 0 Å². The summed E-state index contributed by atoms with van der Waals surface area (Å²) in [5.74, 6) is 0. The average molecular weight is 274 g/mol. The number of benzene rings is 1. The molecule has 0 saturated heterocycles. The van der Waals surface area contributed by atoms with Crippen LogP contribution in [0, 0.1) is 0 Å². The first-order chi connectivity index (χ1) is 9.78. The second kappa shape index (κ2) is 7.70. The van der Waals surface area contributed by atoms with Crippen LogP contribution in [0.5, 0.6) is 0 Å². The van der Waals surface area contributed by atoms with Gasteiger partial charge in [-0.1, -0.05) is 36.4 Å². The van der Waals surface area contributed by atoms with E-state index < -0.39 is 0 Å². The number of aliphatic hydroxyl groups excluding tert-OH is 1. The van der Waals surface area contributed by atoms with E-state index in [1.165, 1.54) is 0 Å². The molecule has 0 radical (unpaired) electrons. The molecule has 1 aromatic rings. The molecule has 0 bridgehead atoms. The van der Waals surface area contributed by atoms with E-state index in [0.29, 0.717) is 13.0 Å². The minimum absolute atomic E-state index is 0.107. The van der Waals surface area contributed by atoms with E-state index >= 15 is 0 Å². The van der Waals surface area contributed by atoms with Crippen molar-refractivity contribution < 1.29 is 9.90 Å². The van der Waals surface area contributed by atoms with Gasteiger partial charge in [-0.2, -0.15) is 0 Å². The standard InChI is InChI=1S/C16H22N2O2/c19-11-10-13-6-8-14(9-7-13)12-17-16(20)18-15-4-2-1-3-5-15/h1-2,6-9,15,19H,3-5,10-12H2,(H2,17,18,20). The van der Waals surface area contributed by atoms with E-state index in [4.69, 9.17) is 5.11 Å². The van der Waals surface area contributed by atoms with Crippen LogP contribution in [0.1, 0.15) is 30.4 Å². The topological polar surface area (TPSA) is 61.4 Å². The lowest BCUT2D eigenvalue weighted by Gasteiger charge is -2.19. The zero-order chi connectivity index (χ0) is 14.2. The number of hydrogen-bond acceptors (Lipinski definition) is 2. The third kappa shape index (κ3) is 4.70. The Balaban J connectivity index is 1.73. The van der Waals surface area contributed by atoms with Gasteiger partial charge in [0.25, 0.3) is 0 Å². The second-order valence-electron chi connectivity index (χ2n) is 5.10. The summed E-state index contributed by atoms with van der Waals surface area (Å²) >= 11 is 0. The van der Waals surface area contributed by atoms with Crippen molar-refractivity contribution in [3.63, 3.8) is 0 Å². The van der Waals surface area contributed by atoms with Gasteiger partial charge in [0, 0.05) is 19.2 Å². The van der Waals surface area contributed by atoms with Gasteiger partial charge in [0.1, 0.15) is 0 Å². The fourth-order valence-corrected chi connectivity index (χ4v) is 2.30. The number of allylic oxidation sites excluding steroid dienone is 1. The van der Waals surface area contributed by atoms with Crippen LogP contribution in [0.2, 0.25) is 0 Å². The van der Waals surface area contributed by atoms with Crippen molar-refractivity contribution in [3.8, 4) is 0 Å². The minimum atomic E-state index is -0.107. The van der Waals surface area contributed by atoms with Gasteiger partial charge < -0.3 is 15.7 Å². The van der Waals surface area contributed by atoms with Gasteiger partial charge in [0.2, 0.25) is 0 Å². The summed E-state index contributed by atoms with van der Waals surface area (Å²) in [7, 11) is 0. The van der Waals surface area contributed by atoms with E-state index in [1.54, 1.807) is 0 Å². The molecule has 0 fully saturated rings. The van der Waals surface area contributed by atoms with Crippen LogP contribution in [-0.2, 0) is 13.0 Å². The quantitative estimate of drug-likeness (QED) is 0.720. The van der Waals surface area contributed by atoms with Gasteiger partial charge in [-0.15, -0.1) is 0 Å². The lowest BCUT2D eigenvalue weighted by molar-refractivity contribution is 0.235. The Morgan fingerprint density at radius 2 is 1.95 bits per heavy atom. The minimum Gasteiger partial charge on any atom is -0.396 e. The van der Waals surface area contributed by atoms with Crippen LogP contribution < -0.4 is 10.6 Å². The highest BCUT2D eigenvalue weighted by Gasteiger charge is 2.12. The summed E-state index contributed by atoms with van der Waals surface area (Å²) in [6, 6.07) is 8.08. The summed E-state index contributed by atoms with van der Waals surface area (Å²) < 4.78 is 0. The lowest BCUT2D eigenvalue weighted by atomic mass is 10.0. The molecule has 0 saturated carbocycles. The van der Waals surface area contributed by atoms with Crippen molar-refractivity contribution in [1.29, 1.82) is 0 Å². The molecule has 0 aromatic heterocycles. The maximum Gasteiger partial charge on any atom is 0.315 e. The highest BCUT2D eigenvalue weighted by molar-refractivity contribution is 5.74. The molecule has 108 valence electrons. The molecule has 4 nitrogen and oxygen atoms in total. The number of carbonyl (C=O) groups is 1. The normalized spacial score (nSPS) is 17.8. The van der Waals surface area contributed by atoms with Crippen LogP contribution in [0.15, 0.2) is 36.4 Å². The van der Waals surface area contributed by atoms with Crippen molar-refractivity contribution in [2.75, 3.05) is 6.61 Å². The number of aliphatic hydroxyl groups is 1. The fourth-order valence-electron chi connectivity index (χ4n) is 2.30. The second-order valence-corrected chi connectivity index (χ2v) is 5.10. The van der Waals surface area contributed by atoms with Crippen LogP contribution in [0.25, 0.3) is 0 Å². The largest absolute Gasteiger partial charge is 0.396 e. The highest BCUT2D eigenvalue weighted by Crippen LogP contribution is 2.10. The Labute approximate surface area is 119 Å². The first-order valence-corrected chi connectivity index (χ1v) is 7.16. The third-order valence-electron chi connectivity index (χ3n) is 3.48. The SMILES string of the molecule is O=C(NCc1ccc(CCO)cc1)NC1CC=CCC1. The summed E-state index contributed by atoms with van der Waals surface area (Å²) in [4.78, 5) is 11.8. The molecule has 1 aliphatic rings. The number of hydrogen-bond donors (Lipinski definition) is 3. The van der Waals surface area contributed by atoms with Crippen molar-refractivity contribution in [2.45, 2.75) is 38.3 Å². The summed E-state index contributed by atoms with van der Waals surface area (Å²) in [5.41, 5.74) is 2.17. The van der Waals surface area contributed by atoms with Gasteiger partial charge >= 0.3 is 6.03 Å². The van der Waals surface area contributed by atoms with E-state index in [2.05, 4.69) is 22.8 Å². The first-order valence-electron chi connectivity index (χ1n) is 7.16. The Hall–Kier alpha value is -1.81. The summed E-state index contributed by atoms with van der Waals surface area (Å²) in [6.07, 6.45) is 7.92. The van der Waals surface area contributed by atoms with Crippen LogP contribution >= 0.6 is 0 Å². The molecule has 4 heteroatoms. The molecule has 3 N–H and O–H groups in total. The van der Waals surface area contributed by atoms with E-state index in [-0.39, 0.29) is 18.7 Å². The van der Waals surface area contributed by atoms with Gasteiger partial charge in [-0.3, -0.25) is 0 Å². The summed E-state index contributed by atoms with van der Waals surface area (Å²) in [6.45, 7) is 0.684. The number of rotatable bonds is 5. The van der Waals surface area contributed by atoms with Crippen molar-refractivity contribution >= 4 is 6.03 Å². The Kier molecular flexibility index (Phi) is 5.62. The molecule has 20 heavy (non-hydrogen) atoms. The molecule has 0 spiro atoms. The van der Waals surface area contributed by atoms with E-state index in [1.807, 2.05) is 24.3 Å². The molecular formula is C16H22N2O2. The molecule has 2 amide bonds. The van der Waals surface area contributed by atoms with Crippen molar-refractivity contribution in [2.24, 2.45) is 0 Å².